The maximum atomic E-state index is 12.9. The molecule has 1 fully saturated rings. The molecule has 30 heavy (non-hydrogen) atoms. The van der Waals surface area contributed by atoms with Gasteiger partial charge in [-0.1, -0.05) is 35.9 Å². The zero-order valence-electron chi connectivity index (χ0n) is 16.4. The summed E-state index contributed by atoms with van der Waals surface area (Å²) in [5.41, 5.74) is 1.93. The maximum absolute atomic E-state index is 12.9. The predicted octanol–water partition coefficient (Wildman–Crippen LogP) is 3.46. The lowest BCUT2D eigenvalue weighted by Crippen LogP contribution is -2.51. The Labute approximate surface area is 183 Å². The van der Waals surface area contributed by atoms with Gasteiger partial charge in [0.25, 0.3) is 5.91 Å². The van der Waals surface area contributed by atoms with Crippen molar-refractivity contribution in [2.75, 3.05) is 33.3 Å². The second kappa shape index (κ2) is 8.99. The highest BCUT2D eigenvalue weighted by Gasteiger charge is 2.34. The number of ether oxygens (including phenoxy) is 1. The van der Waals surface area contributed by atoms with Crippen LogP contribution in [0.1, 0.15) is 22.1 Å². The monoisotopic (exact) mass is 444 g/mol. The van der Waals surface area contributed by atoms with Gasteiger partial charge in [-0.15, -0.1) is 11.3 Å². The Kier molecular flexibility index (Phi) is 6.17. The van der Waals surface area contributed by atoms with Crippen molar-refractivity contribution in [3.63, 3.8) is 0 Å². The van der Waals surface area contributed by atoms with E-state index in [4.69, 9.17) is 16.3 Å². The minimum absolute atomic E-state index is 0.124. The Hall–Kier alpha value is -2.68. The molecule has 0 radical (unpaired) electrons. The first-order valence-corrected chi connectivity index (χ1v) is 10.8. The molecule has 1 saturated heterocycles. The molecule has 0 bridgehead atoms. The number of carbonyl (C=O) groups is 2. The topological polar surface area (TPSA) is 78.5 Å². The van der Waals surface area contributed by atoms with Gasteiger partial charge in [-0.2, -0.15) is 5.10 Å². The summed E-state index contributed by atoms with van der Waals surface area (Å²) in [4.78, 5) is 30.2. The van der Waals surface area contributed by atoms with Crippen molar-refractivity contribution < 1.29 is 14.3 Å². The van der Waals surface area contributed by atoms with Crippen molar-refractivity contribution in [2.45, 2.75) is 6.04 Å². The summed E-state index contributed by atoms with van der Waals surface area (Å²) in [6.45, 7) is 2.02. The van der Waals surface area contributed by atoms with Gasteiger partial charge < -0.3 is 9.64 Å². The van der Waals surface area contributed by atoms with Crippen LogP contribution in [-0.4, -0.2) is 65.2 Å². The number of rotatable bonds is 5. The molecule has 1 aromatic carbocycles. The second-order valence-electron chi connectivity index (χ2n) is 6.92. The SMILES string of the molecule is COC(=O)C(c1ccccc1Cl)N1CCN(C(=O)c2cc(-c3cccs3)[nH]n2)CC1. The molecule has 0 spiro atoms. The van der Waals surface area contributed by atoms with Crippen molar-refractivity contribution in [3.05, 3.63) is 64.1 Å². The molecule has 9 heteroatoms. The molecule has 1 aliphatic heterocycles. The Morgan fingerprint density at radius 2 is 1.93 bits per heavy atom. The molecular formula is C21H21ClN4O3S. The van der Waals surface area contributed by atoms with Crippen LogP contribution in [0.5, 0.6) is 0 Å². The lowest BCUT2D eigenvalue weighted by molar-refractivity contribution is -0.148. The third-order valence-corrected chi connectivity index (χ3v) is 6.42. The fourth-order valence-electron chi connectivity index (χ4n) is 3.62. The first-order chi connectivity index (χ1) is 14.6. The third-order valence-electron chi connectivity index (χ3n) is 5.17. The van der Waals surface area contributed by atoms with Crippen LogP contribution in [0.15, 0.2) is 47.8 Å². The van der Waals surface area contributed by atoms with E-state index in [1.807, 2.05) is 40.6 Å². The van der Waals surface area contributed by atoms with Gasteiger partial charge in [0.1, 0.15) is 6.04 Å². The van der Waals surface area contributed by atoms with Crippen LogP contribution in [0.2, 0.25) is 5.02 Å². The van der Waals surface area contributed by atoms with E-state index >= 15 is 0 Å². The Morgan fingerprint density at radius 3 is 2.60 bits per heavy atom. The largest absolute Gasteiger partial charge is 0.468 e. The van der Waals surface area contributed by atoms with Crippen molar-refractivity contribution in [1.82, 2.24) is 20.0 Å². The number of hydrogen-bond acceptors (Lipinski definition) is 6. The van der Waals surface area contributed by atoms with Gasteiger partial charge in [0.2, 0.25) is 0 Å². The van der Waals surface area contributed by atoms with Gasteiger partial charge in [0, 0.05) is 31.2 Å². The van der Waals surface area contributed by atoms with E-state index in [-0.39, 0.29) is 11.9 Å². The molecule has 2 aromatic heterocycles. The summed E-state index contributed by atoms with van der Waals surface area (Å²) in [6, 6.07) is 12.4. The molecule has 1 N–H and O–H groups in total. The van der Waals surface area contributed by atoms with E-state index in [9.17, 15) is 9.59 Å². The lowest BCUT2D eigenvalue weighted by Gasteiger charge is -2.38. The highest BCUT2D eigenvalue weighted by atomic mass is 35.5. The normalized spacial score (nSPS) is 15.7. The molecule has 0 aliphatic carbocycles. The minimum atomic E-state index is -0.600. The van der Waals surface area contributed by atoms with Crippen LogP contribution in [-0.2, 0) is 9.53 Å². The van der Waals surface area contributed by atoms with Crippen molar-refractivity contribution in [3.8, 4) is 10.6 Å². The Morgan fingerprint density at radius 1 is 1.17 bits per heavy atom. The number of carbonyl (C=O) groups excluding carboxylic acids is 2. The number of esters is 1. The molecule has 4 rings (SSSR count). The molecule has 3 heterocycles. The number of aromatic nitrogens is 2. The van der Waals surface area contributed by atoms with E-state index in [2.05, 4.69) is 10.2 Å². The van der Waals surface area contributed by atoms with Crippen molar-refractivity contribution >= 4 is 34.8 Å². The van der Waals surface area contributed by atoms with E-state index in [0.29, 0.717) is 42.5 Å². The van der Waals surface area contributed by atoms with Crippen molar-refractivity contribution in [2.24, 2.45) is 0 Å². The number of thiophene rings is 1. The maximum Gasteiger partial charge on any atom is 0.327 e. The van der Waals surface area contributed by atoms with Gasteiger partial charge >= 0.3 is 5.97 Å². The summed E-state index contributed by atoms with van der Waals surface area (Å²) in [5, 5.41) is 9.62. The number of halogens is 1. The molecule has 3 aromatic rings. The van der Waals surface area contributed by atoms with Gasteiger partial charge in [-0.05, 0) is 29.1 Å². The molecule has 1 aliphatic rings. The van der Waals surface area contributed by atoms with E-state index in [0.717, 1.165) is 10.6 Å². The number of nitrogens with one attached hydrogen (secondary N) is 1. The number of aromatic amines is 1. The molecule has 0 saturated carbocycles. The number of methoxy groups -OCH3 is 1. The van der Waals surface area contributed by atoms with Crippen LogP contribution in [0.4, 0.5) is 0 Å². The van der Waals surface area contributed by atoms with Crippen LogP contribution in [0.3, 0.4) is 0 Å². The summed E-state index contributed by atoms with van der Waals surface area (Å²) in [5.74, 6) is -0.489. The molecule has 7 nitrogen and oxygen atoms in total. The predicted molar refractivity (Wildman–Crippen MR) is 116 cm³/mol. The average molecular weight is 445 g/mol. The summed E-state index contributed by atoms with van der Waals surface area (Å²) in [6.07, 6.45) is 0. The van der Waals surface area contributed by atoms with Gasteiger partial charge in [-0.3, -0.25) is 14.8 Å². The average Bonchev–Trinajstić information content (AvgIpc) is 3.47. The number of H-pyrrole nitrogens is 1. The summed E-state index contributed by atoms with van der Waals surface area (Å²) >= 11 is 7.92. The first-order valence-electron chi connectivity index (χ1n) is 9.53. The van der Waals surface area contributed by atoms with Crippen LogP contribution in [0, 0.1) is 0 Å². The smallest absolute Gasteiger partial charge is 0.327 e. The lowest BCUT2D eigenvalue weighted by atomic mass is 10.0. The summed E-state index contributed by atoms with van der Waals surface area (Å²) < 4.78 is 5.02. The molecular weight excluding hydrogens is 424 g/mol. The molecule has 1 atom stereocenters. The van der Waals surface area contributed by atoms with E-state index in [1.54, 1.807) is 28.4 Å². The van der Waals surface area contributed by atoms with Crippen LogP contribution >= 0.6 is 22.9 Å². The minimum Gasteiger partial charge on any atom is -0.468 e. The molecule has 1 amide bonds. The highest BCUT2D eigenvalue weighted by molar-refractivity contribution is 7.13. The zero-order valence-corrected chi connectivity index (χ0v) is 17.9. The van der Waals surface area contributed by atoms with E-state index < -0.39 is 6.04 Å². The second-order valence-corrected chi connectivity index (χ2v) is 8.27. The fourth-order valence-corrected chi connectivity index (χ4v) is 4.55. The molecule has 1 unspecified atom stereocenters. The number of hydrogen-bond donors (Lipinski definition) is 1. The fraction of sp³-hybridized carbons (Fsp3) is 0.286. The first kappa shape index (κ1) is 20.6. The molecule has 156 valence electrons. The van der Waals surface area contributed by atoms with Gasteiger partial charge in [0.05, 0.1) is 17.7 Å². The van der Waals surface area contributed by atoms with Gasteiger partial charge in [0.15, 0.2) is 5.69 Å². The standard InChI is InChI=1S/C21H21ClN4O3S/c1-29-21(28)19(14-5-2-3-6-15(14)22)25-8-10-26(11-9-25)20(27)17-13-16(23-24-17)18-7-4-12-30-18/h2-7,12-13,19H,8-11H2,1H3,(H,23,24). The van der Waals surface area contributed by atoms with Gasteiger partial charge in [-0.25, -0.2) is 4.79 Å². The highest BCUT2D eigenvalue weighted by Crippen LogP contribution is 2.30. The Bertz CT molecular complexity index is 1030. The number of benzene rings is 1. The third kappa shape index (κ3) is 4.12. The van der Waals surface area contributed by atoms with Crippen LogP contribution < -0.4 is 0 Å². The number of nitrogens with zero attached hydrogens (tertiary/aromatic N) is 3. The zero-order chi connectivity index (χ0) is 21.1. The quantitative estimate of drug-likeness (QED) is 0.610. The summed E-state index contributed by atoms with van der Waals surface area (Å²) in [7, 11) is 1.37. The number of amides is 1. The van der Waals surface area contributed by atoms with Crippen LogP contribution in [0.25, 0.3) is 10.6 Å². The number of piperazine rings is 1. The Balaban J connectivity index is 1.45. The van der Waals surface area contributed by atoms with E-state index in [1.165, 1.54) is 7.11 Å². The van der Waals surface area contributed by atoms with Crippen molar-refractivity contribution in [1.29, 1.82) is 0 Å².